The summed E-state index contributed by atoms with van der Waals surface area (Å²) in [4.78, 5) is 11.9. The maximum atomic E-state index is 11.9. The molecule has 1 atom stereocenters. The van der Waals surface area contributed by atoms with Gasteiger partial charge in [0.1, 0.15) is 17.3 Å². The summed E-state index contributed by atoms with van der Waals surface area (Å²) in [5.74, 6) is 2.25. The molecule has 0 bridgehead atoms. The Bertz CT molecular complexity index is 833. The molecule has 3 heterocycles. The number of aromatic nitrogens is 2. The van der Waals surface area contributed by atoms with Gasteiger partial charge in [0.2, 0.25) is 5.91 Å². The van der Waals surface area contributed by atoms with Gasteiger partial charge in [-0.25, -0.2) is 0 Å². The fraction of sp³-hybridized carbons (Fsp3) is 0.176. The van der Waals surface area contributed by atoms with Crippen LogP contribution in [0.4, 0.5) is 5.82 Å². The summed E-state index contributed by atoms with van der Waals surface area (Å²) >= 11 is 0. The van der Waals surface area contributed by atoms with Crippen molar-refractivity contribution in [2.75, 3.05) is 5.32 Å². The summed E-state index contributed by atoms with van der Waals surface area (Å²) in [7, 11) is 1.82. The van der Waals surface area contributed by atoms with Crippen molar-refractivity contribution in [3.8, 4) is 11.3 Å². The van der Waals surface area contributed by atoms with Gasteiger partial charge < -0.3 is 9.73 Å². The molecule has 0 saturated heterocycles. The third kappa shape index (κ3) is 2.02. The van der Waals surface area contributed by atoms with E-state index in [0.29, 0.717) is 6.42 Å². The molecule has 1 amide bonds. The van der Waals surface area contributed by atoms with E-state index in [9.17, 15) is 4.79 Å². The van der Waals surface area contributed by atoms with Gasteiger partial charge in [-0.15, -0.1) is 0 Å². The van der Waals surface area contributed by atoms with Gasteiger partial charge in [0, 0.05) is 24.6 Å². The summed E-state index contributed by atoms with van der Waals surface area (Å²) in [6.07, 6.45) is 2.17. The first-order valence-corrected chi connectivity index (χ1v) is 7.19. The summed E-state index contributed by atoms with van der Waals surface area (Å²) in [6, 6.07) is 13.8. The van der Waals surface area contributed by atoms with Gasteiger partial charge in [0.05, 0.1) is 12.1 Å². The molecule has 22 heavy (non-hydrogen) atoms. The maximum Gasteiger partial charge on any atom is 0.226 e. The quantitative estimate of drug-likeness (QED) is 0.789. The molecule has 0 spiro atoms. The second-order valence-electron chi connectivity index (χ2n) is 5.45. The van der Waals surface area contributed by atoms with Crippen LogP contribution in [-0.2, 0) is 11.8 Å². The third-order valence-electron chi connectivity index (χ3n) is 4.02. The lowest BCUT2D eigenvalue weighted by Crippen LogP contribution is -2.24. The van der Waals surface area contributed by atoms with Gasteiger partial charge in [0.25, 0.3) is 0 Å². The zero-order chi connectivity index (χ0) is 15.1. The van der Waals surface area contributed by atoms with E-state index in [0.717, 1.165) is 28.5 Å². The molecule has 3 aromatic rings. The van der Waals surface area contributed by atoms with Crippen LogP contribution < -0.4 is 5.32 Å². The van der Waals surface area contributed by atoms with Crippen molar-refractivity contribution < 1.29 is 9.21 Å². The van der Waals surface area contributed by atoms with Crippen LogP contribution in [0.2, 0.25) is 0 Å². The second kappa shape index (κ2) is 4.87. The van der Waals surface area contributed by atoms with E-state index in [1.54, 1.807) is 10.9 Å². The first-order chi connectivity index (χ1) is 10.7. The molecule has 0 radical (unpaired) electrons. The number of rotatable bonds is 2. The van der Waals surface area contributed by atoms with Crippen LogP contribution in [0.1, 0.15) is 23.7 Å². The highest BCUT2D eigenvalue weighted by Crippen LogP contribution is 2.38. The van der Waals surface area contributed by atoms with Gasteiger partial charge in [-0.05, 0) is 12.1 Å². The topological polar surface area (TPSA) is 60.1 Å². The van der Waals surface area contributed by atoms with E-state index >= 15 is 0 Å². The minimum atomic E-state index is -0.0880. The average molecular weight is 293 g/mol. The van der Waals surface area contributed by atoms with Crippen molar-refractivity contribution in [2.45, 2.75) is 12.3 Å². The van der Waals surface area contributed by atoms with Gasteiger partial charge in [0.15, 0.2) is 0 Å². The summed E-state index contributed by atoms with van der Waals surface area (Å²) in [5.41, 5.74) is 2.02. The lowest BCUT2D eigenvalue weighted by Gasteiger charge is -2.21. The normalized spacial score (nSPS) is 17.1. The molecule has 5 heteroatoms. The van der Waals surface area contributed by atoms with Crippen LogP contribution in [-0.4, -0.2) is 15.7 Å². The Morgan fingerprint density at radius 3 is 2.86 bits per heavy atom. The molecule has 0 saturated carbocycles. The Hall–Kier alpha value is -2.82. The summed E-state index contributed by atoms with van der Waals surface area (Å²) < 4.78 is 7.69. The molecule has 1 aliphatic rings. The number of fused-ring (bicyclic) bond motifs is 1. The number of nitrogens with zero attached hydrogens (tertiary/aromatic N) is 2. The second-order valence-corrected chi connectivity index (χ2v) is 5.45. The molecule has 5 nitrogen and oxygen atoms in total. The molecular weight excluding hydrogens is 278 g/mol. The number of carbonyl (C=O) groups excluding carboxylic acids is 1. The number of carbonyl (C=O) groups is 1. The number of hydrogen-bond donors (Lipinski definition) is 1. The smallest absolute Gasteiger partial charge is 0.226 e. The minimum Gasteiger partial charge on any atom is -0.460 e. The van der Waals surface area contributed by atoms with Gasteiger partial charge in [-0.2, -0.15) is 5.10 Å². The molecule has 2 aromatic heterocycles. The molecule has 110 valence electrons. The lowest BCUT2D eigenvalue weighted by atomic mass is 9.92. The number of anilines is 1. The van der Waals surface area contributed by atoms with E-state index in [-0.39, 0.29) is 11.8 Å². The first-order valence-electron chi connectivity index (χ1n) is 7.19. The molecular formula is C17H15N3O2. The van der Waals surface area contributed by atoms with Crippen LogP contribution in [0.3, 0.4) is 0 Å². The molecule has 0 aliphatic carbocycles. The van der Waals surface area contributed by atoms with E-state index in [1.165, 1.54) is 0 Å². The zero-order valence-electron chi connectivity index (χ0n) is 12.1. The minimum absolute atomic E-state index is 0.0150. The SMILES string of the molecule is Cn1ncc2c1NC(=O)C[C@@H]2c1ccc(-c2ccccc2)o1. The Labute approximate surface area is 127 Å². The lowest BCUT2D eigenvalue weighted by molar-refractivity contribution is -0.116. The standard InChI is InChI=1S/C17H15N3O2/c1-20-17-13(10-18-20)12(9-16(21)19-17)15-8-7-14(22-15)11-5-3-2-4-6-11/h2-8,10,12H,9H2,1H3,(H,19,21)/t12-/m0/s1. The number of aryl methyl sites for hydroxylation is 1. The van der Waals surface area contributed by atoms with Crippen LogP contribution in [0.25, 0.3) is 11.3 Å². The Morgan fingerprint density at radius 1 is 1.23 bits per heavy atom. The van der Waals surface area contributed by atoms with E-state index in [4.69, 9.17) is 4.42 Å². The number of benzene rings is 1. The predicted octanol–water partition coefficient (Wildman–Crippen LogP) is 3.15. The van der Waals surface area contributed by atoms with Crippen molar-refractivity contribution in [3.63, 3.8) is 0 Å². The Kier molecular flexibility index (Phi) is 2.85. The fourth-order valence-electron chi connectivity index (χ4n) is 2.89. The molecule has 1 N–H and O–H groups in total. The monoisotopic (exact) mass is 293 g/mol. The number of furan rings is 1. The number of hydrogen-bond acceptors (Lipinski definition) is 3. The molecule has 1 aromatic carbocycles. The van der Waals surface area contributed by atoms with Crippen LogP contribution >= 0.6 is 0 Å². The average Bonchev–Trinajstić information content (AvgIpc) is 3.16. The van der Waals surface area contributed by atoms with Crippen LogP contribution in [0, 0.1) is 0 Å². The van der Waals surface area contributed by atoms with Gasteiger partial charge >= 0.3 is 0 Å². The zero-order valence-corrected chi connectivity index (χ0v) is 12.1. The molecule has 4 rings (SSSR count). The van der Waals surface area contributed by atoms with Gasteiger partial charge in [-0.1, -0.05) is 30.3 Å². The maximum absolute atomic E-state index is 11.9. The fourth-order valence-corrected chi connectivity index (χ4v) is 2.89. The van der Waals surface area contributed by atoms with Crippen molar-refractivity contribution in [2.24, 2.45) is 7.05 Å². The van der Waals surface area contributed by atoms with Crippen LogP contribution in [0.5, 0.6) is 0 Å². The highest BCUT2D eigenvalue weighted by Gasteiger charge is 2.31. The summed E-state index contributed by atoms with van der Waals surface area (Å²) in [5, 5.41) is 7.10. The number of nitrogens with one attached hydrogen (secondary N) is 1. The van der Waals surface area contributed by atoms with E-state index < -0.39 is 0 Å². The molecule has 0 unspecified atom stereocenters. The van der Waals surface area contributed by atoms with Crippen molar-refractivity contribution in [3.05, 3.63) is 60.0 Å². The van der Waals surface area contributed by atoms with E-state index in [2.05, 4.69) is 10.4 Å². The van der Waals surface area contributed by atoms with Crippen molar-refractivity contribution in [1.82, 2.24) is 9.78 Å². The molecule has 1 aliphatic heterocycles. The molecule has 0 fully saturated rings. The highest BCUT2D eigenvalue weighted by atomic mass is 16.3. The Balaban J connectivity index is 1.74. The predicted molar refractivity (Wildman–Crippen MR) is 82.4 cm³/mol. The Morgan fingerprint density at radius 2 is 2.05 bits per heavy atom. The first kappa shape index (κ1) is 12.9. The van der Waals surface area contributed by atoms with Crippen molar-refractivity contribution in [1.29, 1.82) is 0 Å². The van der Waals surface area contributed by atoms with Gasteiger partial charge in [-0.3, -0.25) is 9.48 Å². The van der Waals surface area contributed by atoms with E-state index in [1.807, 2.05) is 49.5 Å². The van der Waals surface area contributed by atoms with Crippen molar-refractivity contribution >= 4 is 11.7 Å². The number of amides is 1. The largest absolute Gasteiger partial charge is 0.460 e. The highest BCUT2D eigenvalue weighted by molar-refractivity contribution is 5.94. The third-order valence-corrected chi connectivity index (χ3v) is 4.02. The van der Waals surface area contributed by atoms with Crippen LogP contribution in [0.15, 0.2) is 53.1 Å². The summed E-state index contributed by atoms with van der Waals surface area (Å²) in [6.45, 7) is 0.